The Bertz CT molecular complexity index is 698. The van der Waals surface area contributed by atoms with E-state index >= 15 is 0 Å². The number of aryl methyl sites for hydroxylation is 1. The van der Waals surface area contributed by atoms with Gasteiger partial charge in [-0.1, -0.05) is 45.0 Å². The summed E-state index contributed by atoms with van der Waals surface area (Å²) in [7, 11) is 1.94. The molecule has 0 saturated carbocycles. The molecule has 0 bridgehead atoms. The summed E-state index contributed by atoms with van der Waals surface area (Å²) in [5.74, 6) is 0.878. The lowest BCUT2D eigenvalue weighted by Gasteiger charge is -2.19. The minimum absolute atomic E-state index is 0. The zero-order valence-electron chi connectivity index (χ0n) is 17.2. The van der Waals surface area contributed by atoms with Gasteiger partial charge < -0.3 is 10.6 Å². The number of aromatic nitrogens is 2. The molecule has 27 heavy (non-hydrogen) atoms. The van der Waals surface area contributed by atoms with Gasteiger partial charge in [0.2, 0.25) is 0 Å². The Balaban J connectivity index is 0.00000364. The molecule has 0 aliphatic rings. The Morgan fingerprint density at radius 2 is 1.78 bits per heavy atom. The molecule has 2 rings (SSSR count). The third-order valence-electron chi connectivity index (χ3n) is 4.30. The summed E-state index contributed by atoms with van der Waals surface area (Å²) < 4.78 is 1.83. The number of rotatable bonds is 7. The van der Waals surface area contributed by atoms with Crippen molar-refractivity contribution in [2.24, 2.45) is 12.0 Å². The molecule has 0 unspecified atom stereocenters. The molecule has 1 heterocycles. The number of halogens is 1. The van der Waals surface area contributed by atoms with E-state index in [1.54, 1.807) is 0 Å². The number of hydrogen-bond acceptors (Lipinski definition) is 2. The van der Waals surface area contributed by atoms with Gasteiger partial charge in [-0.15, -0.1) is 24.0 Å². The van der Waals surface area contributed by atoms with Gasteiger partial charge in [0, 0.05) is 32.9 Å². The molecule has 5 nitrogen and oxygen atoms in total. The molecule has 2 aromatic rings. The molecule has 0 spiro atoms. The van der Waals surface area contributed by atoms with Crippen molar-refractivity contribution in [2.75, 3.05) is 19.6 Å². The molecule has 0 radical (unpaired) electrons. The molecular formula is C21H34IN5. The molecule has 0 aliphatic carbocycles. The average Bonchev–Trinajstić information content (AvgIpc) is 3.00. The normalized spacial score (nSPS) is 11.8. The largest absolute Gasteiger partial charge is 0.357 e. The molecule has 0 amide bonds. The van der Waals surface area contributed by atoms with Crippen LogP contribution in [0.3, 0.4) is 0 Å². The molecule has 0 aliphatic heterocycles. The Labute approximate surface area is 181 Å². The van der Waals surface area contributed by atoms with Crippen LogP contribution in [0.25, 0.3) is 0 Å². The van der Waals surface area contributed by atoms with Gasteiger partial charge in [0.05, 0.1) is 6.20 Å². The van der Waals surface area contributed by atoms with E-state index in [1.165, 1.54) is 16.7 Å². The van der Waals surface area contributed by atoms with Crippen molar-refractivity contribution in [3.8, 4) is 0 Å². The first kappa shape index (κ1) is 23.5. The van der Waals surface area contributed by atoms with Gasteiger partial charge in [0.15, 0.2) is 5.96 Å². The molecular weight excluding hydrogens is 449 g/mol. The van der Waals surface area contributed by atoms with Gasteiger partial charge in [0.1, 0.15) is 0 Å². The highest BCUT2D eigenvalue weighted by atomic mass is 127. The zero-order chi connectivity index (χ0) is 19.0. The van der Waals surface area contributed by atoms with E-state index in [-0.39, 0.29) is 29.4 Å². The van der Waals surface area contributed by atoms with Crippen molar-refractivity contribution in [2.45, 2.75) is 46.0 Å². The molecule has 150 valence electrons. The van der Waals surface area contributed by atoms with Crippen LogP contribution < -0.4 is 10.6 Å². The van der Waals surface area contributed by atoms with Crippen LogP contribution in [0.5, 0.6) is 0 Å². The lowest BCUT2D eigenvalue weighted by molar-refractivity contribution is 0.590. The maximum atomic E-state index is 4.69. The minimum Gasteiger partial charge on any atom is -0.357 e. The van der Waals surface area contributed by atoms with E-state index in [1.807, 2.05) is 24.1 Å². The highest BCUT2D eigenvalue weighted by Gasteiger charge is 2.12. The highest BCUT2D eigenvalue weighted by Crippen LogP contribution is 2.22. The number of nitrogens with one attached hydrogen (secondary N) is 2. The van der Waals surface area contributed by atoms with Crippen molar-refractivity contribution in [1.29, 1.82) is 0 Å². The van der Waals surface area contributed by atoms with Crippen molar-refractivity contribution in [3.63, 3.8) is 0 Å². The summed E-state index contributed by atoms with van der Waals surface area (Å²) in [6.45, 7) is 11.3. The van der Waals surface area contributed by atoms with Gasteiger partial charge in [-0.05, 0) is 41.9 Å². The molecule has 1 aromatic heterocycles. The number of hydrogen-bond donors (Lipinski definition) is 2. The van der Waals surface area contributed by atoms with Gasteiger partial charge in [-0.2, -0.15) is 5.10 Å². The quantitative estimate of drug-likeness (QED) is 0.359. The fourth-order valence-corrected chi connectivity index (χ4v) is 2.74. The van der Waals surface area contributed by atoms with Crippen LogP contribution in [0, 0.1) is 0 Å². The molecule has 0 atom stereocenters. The zero-order valence-corrected chi connectivity index (χ0v) is 19.6. The Kier molecular flexibility index (Phi) is 9.83. The van der Waals surface area contributed by atoms with Crippen LogP contribution in [0.1, 0.15) is 44.4 Å². The maximum absolute atomic E-state index is 4.69. The summed E-state index contributed by atoms with van der Waals surface area (Å²) >= 11 is 0. The second-order valence-electron chi connectivity index (χ2n) is 7.66. The maximum Gasteiger partial charge on any atom is 0.191 e. The third-order valence-corrected chi connectivity index (χ3v) is 4.30. The van der Waals surface area contributed by atoms with Crippen molar-refractivity contribution in [1.82, 2.24) is 20.4 Å². The van der Waals surface area contributed by atoms with Gasteiger partial charge in [-0.3, -0.25) is 9.67 Å². The second-order valence-corrected chi connectivity index (χ2v) is 7.66. The third kappa shape index (κ3) is 8.32. The lowest BCUT2D eigenvalue weighted by atomic mass is 9.86. The van der Waals surface area contributed by atoms with Gasteiger partial charge >= 0.3 is 0 Å². The lowest BCUT2D eigenvalue weighted by Crippen LogP contribution is -2.38. The highest BCUT2D eigenvalue weighted by molar-refractivity contribution is 14.0. The predicted molar refractivity (Wildman–Crippen MR) is 125 cm³/mol. The van der Waals surface area contributed by atoms with Crippen molar-refractivity contribution in [3.05, 3.63) is 53.3 Å². The Morgan fingerprint density at radius 1 is 1.07 bits per heavy atom. The van der Waals surface area contributed by atoms with E-state index in [0.29, 0.717) is 0 Å². The molecule has 2 N–H and O–H groups in total. The number of guanidine groups is 1. The van der Waals surface area contributed by atoms with E-state index in [0.717, 1.165) is 38.4 Å². The summed E-state index contributed by atoms with van der Waals surface area (Å²) in [5.41, 5.74) is 4.13. The standard InChI is InChI=1S/C21H33N5.HI/c1-6-22-20(24-14-12-18-15-25-26(5)16-18)23-13-11-17-7-9-19(10-8-17)21(2,3)4;/h7-10,15-16H,6,11-14H2,1-5H3,(H2,22,23,24);1H. The molecule has 0 saturated heterocycles. The molecule has 1 aromatic carbocycles. The Hall–Kier alpha value is -1.57. The summed E-state index contributed by atoms with van der Waals surface area (Å²) in [6, 6.07) is 8.91. The van der Waals surface area contributed by atoms with E-state index in [9.17, 15) is 0 Å². The van der Waals surface area contributed by atoms with E-state index < -0.39 is 0 Å². The monoisotopic (exact) mass is 483 g/mol. The van der Waals surface area contributed by atoms with Crippen LogP contribution in [0.15, 0.2) is 41.7 Å². The van der Waals surface area contributed by atoms with Crippen molar-refractivity contribution >= 4 is 29.9 Å². The topological polar surface area (TPSA) is 54.2 Å². The first-order valence-electron chi connectivity index (χ1n) is 9.47. The fraction of sp³-hybridized carbons (Fsp3) is 0.524. The first-order chi connectivity index (χ1) is 12.4. The predicted octanol–water partition coefficient (Wildman–Crippen LogP) is 3.68. The second kappa shape index (κ2) is 11.3. The van der Waals surface area contributed by atoms with Gasteiger partial charge in [-0.25, -0.2) is 0 Å². The Morgan fingerprint density at radius 3 is 2.33 bits per heavy atom. The van der Waals surface area contributed by atoms with Crippen LogP contribution in [0.4, 0.5) is 0 Å². The van der Waals surface area contributed by atoms with Crippen LogP contribution in [-0.4, -0.2) is 35.4 Å². The first-order valence-corrected chi connectivity index (χ1v) is 9.47. The smallest absolute Gasteiger partial charge is 0.191 e. The number of aliphatic imine (C=N–C) groups is 1. The minimum atomic E-state index is 0. The van der Waals surface area contributed by atoms with E-state index in [4.69, 9.17) is 0 Å². The summed E-state index contributed by atoms with van der Waals surface area (Å²) in [4.78, 5) is 4.69. The fourth-order valence-electron chi connectivity index (χ4n) is 2.74. The van der Waals surface area contributed by atoms with Crippen LogP contribution in [0.2, 0.25) is 0 Å². The summed E-state index contributed by atoms with van der Waals surface area (Å²) in [5, 5.41) is 10.9. The van der Waals surface area contributed by atoms with Gasteiger partial charge in [0.25, 0.3) is 0 Å². The van der Waals surface area contributed by atoms with Crippen LogP contribution in [-0.2, 0) is 25.3 Å². The SMILES string of the molecule is CCNC(=NCCc1ccc(C(C)(C)C)cc1)NCCc1cnn(C)c1.I. The van der Waals surface area contributed by atoms with E-state index in [2.05, 4.69) is 72.7 Å². The number of nitrogens with zero attached hydrogens (tertiary/aromatic N) is 3. The number of benzene rings is 1. The van der Waals surface area contributed by atoms with Crippen LogP contribution >= 0.6 is 24.0 Å². The molecule has 0 fully saturated rings. The van der Waals surface area contributed by atoms with Crippen molar-refractivity contribution < 1.29 is 0 Å². The molecule has 6 heteroatoms. The average molecular weight is 483 g/mol. The summed E-state index contributed by atoms with van der Waals surface area (Å²) in [6.07, 6.45) is 5.84.